The van der Waals surface area contributed by atoms with E-state index in [4.69, 9.17) is 0 Å². The second-order valence-electron chi connectivity index (χ2n) is 11.7. The van der Waals surface area contributed by atoms with Crippen molar-refractivity contribution in [3.8, 4) is 28.4 Å². The molecule has 18 nitrogen and oxygen atoms in total. The highest BCUT2D eigenvalue weighted by atomic mass is 32.2. The number of phenols is 3. The van der Waals surface area contributed by atoms with Gasteiger partial charge in [-0.2, -0.15) is 35.5 Å². The van der Waals surface area contributed by atoms with E-state index in [1.54, 1.807) is 48.5 Å². The van der Waals surface area contributed by atoms with Crippen molar-refractivity contribution in [3.05, 3.63) is 96.6 Å². The van der Waals surface area contributed by atoms with E-state index in [2.05, 4.69) is 20.5 Å². The van der Waals surface area contributed by atoms with Crippen molar-refractivity contribution in [2.45, 2.75) is 21.1 Å². The molecule has 0 radical (unpaired) electrons. The number of rotatable bonds is 10. The summed E-state index contributed by atoms with van der Waals surface area (Å²) in [6.07, 6.45) is -1.01. The first-order valence-corrected chi connectivity index (χ1v) is 19.5. The fourth-order valence-corrected chi connectivity index (χ4v) is 7.89. The Morgan fingerprint density at radius 3 is 1.42 bits per heavy atom. The molecule has 0 heterocycles. The van der Waals surface area contributed by atoms with Crippen molar-refractivity contribution in [1.29, 1.82) is 0 Å². The Labute approximate surface area is 310 Å². The molecule has 0 bridgehead atoms. The van der Waals surface area contributed by atoms with Gasteiger partial charge in [0.15, 0.2) is 11.5 Å². The Balaban J connectivity index is 1.30. The Morgan fingerprint density at radius 1 is 0.509 bits per heavy atom. The molecule has 7 N–H and O–H groups in total. The van der Waals surface area contributed by atoms with E-state index in [9.17, 15) is 64.1 Å². The summed E-state index contributed by atoms with van der Waals surface area (Å²) in [5.41, 5.74) is 0.283. The van der Waals surface area contributed by atoms with Gasteiger partial charge >= 0.3 is 5.97 Å². The second kappa shape index (κ2) is 14.1. The standard InChI is InChI=1S/C34H24N4O14S3/c39-29(40)14-19-13-27(54(47,48)49)30-28(55(50,51)52)16-25(34(43)31(30)32(19)41)38-36-21-11-7-18(8-12-21)17-5-9-20(10-6-17)35-37-24-15-26(53(44,45)46)22-3-1-2-4-23(22)33(24)42/h1-13,15-16,41-43H,14H2,(H,39,40)(H,44,45,46)(H,47,48,49)(H,50,51,52). The molecular formula is C34H24N4O14S3. The van der Waals surface area contributed by atoms with Gasteiger partial charge in [-0.3, -0.25) is 18.5 Å². The zero-order valence-electron chi connectivity index (χ0n) is 27.4. The lowest BCUT2D eigenvalue weighted by Crippen LogP contribution is -2.08. The van der Waals surface area contributed by atoms with Crippen LogP contribution in [0.25, 0.3) is 32.7 Å². The average molecular weight is 809 g/mol. The van der Waals surface area contributed by atoms with Gasteiger partial charge in [0.05, 0.1) is 23.2 Å². The van der Waals surface area contributed by atoms with Crippen LogP contribution >= 0.6 is 0 Å². The summed E-state index contributed by atoms with van der Waals surface area (Å²) in [6.45, 7) is 0. The third kappa shape index (κ3) is 7.82. The van der Waals surface area contributed by atoms with E-state index in [-0.39, 0.29) is 27.9 Å². The summed E-state index contributed by atoms with van der Waals surface area (Å²) < 4.78 is 102. The van der Waals surface area contributed by atoms with Crippen LogP contribution in [0.5, 0.6) is 17.2 Å². The van der Waals surface area contributed by atoms with Gasteiger partial charge in [-0.05, 0) is 53.6 Å². The summed E-state index contributed by atoms with van der Waals surface area (Å²) in [5.74, 6) is -4.00. The van der Waals surface area contributed by atoms with Crippen LogP contribution in [0.15, 0.2) is 126 Å². The summed E-state index contributed by atoms with van der Waals surface area (Å²) in [6, 6.07) is 20.7. The molecule has 0 aliphatic rings. The van der Waals surface area contributed by atoms with Gasteiger partial charge < -0.3 is 20.4 Å². The summed E-state index contributed by atoms with van der Waals surface area (Å²) >= 11 is 0. The number of benzene rings is 6. The smallest absolute Gasteiger partial charge is 0.307 e. The number of hydrogen-bond acceptors (Lipinski definition) is 14. The maximum atomic E-state index is 12.3. The minimum atomic E-state index is -5.33. The predicted molar refractivity (Wildman–Crippen MR) is 194 cm³/mol. The molecule has 0 aliphatic carbocycles. The molecule has 0 unspecified atom stereocenters. The topological polar surface area (TPSA) is 311 Å². The molecule has 0 aromatic heterocycles. The molecule has 0 atom stereocenters. The number of nitrogens with zero attached hydrogens (tertiary/aromatic N) is 4. The molecule has 0 spiro atoms. The third-order valence-corrected chi connectivity index (χ3v) is 10.7. The SMILES string of the molecule is O=C(O)Cc1cc(S(=O)(=O)O)c2c(S(=O)(=O)O)cc(N=Nc3ccc(-c4ccc(N=Nc5cc(S(=O)(=O)O)c6ccccc6c5O)cc4)cc3)c(O)c2c1O. The van der Waals surface area contributed by atoms with Crippen molar-refractivity contribution in [2.75, 3.05) is 0 Å². The zero-order chi connectivity index (χ0) is 40.0. The van der Waals surface area contributed by atoms with Gasteiger partial charge in [-0.1, -0.05) is 48.5 Å². The van der Waals surface area contributed by atoms with Crippen molar-refractivity contribution in [2.24, 2.45) is 20.5 Å². The summed E-state index contributed by atoms with van der Waals surface area (Å²) in [4.78, 5) is 8.48. The van der Waals surface area contributed by atoms with Crippen molar-refractivity contribution >= 4 is 80.6 Å². The lowest BCUT2D eigenvalue weighted by atomic mass is 10.0. The lowest BCUT2D eigenvalue weighted by Gasteiger charge is -2.15. The van der Waals surface area contributed by atoms with Crippen LogP contribution in [0.4, 0.5) is 22.7 Å². The number of phenolic OH excluding ortho intramolecular Hbond substituents is 3. The molecule has 6 aromatic carbocycles. The first kappa shape index (κ1) is 38.4. The zero-order valence-corrected chi connectivity index (χ0v) is 29.8. The van der Waals surface area contributed by atoms with Gasteiger partial charge in [0.1, 0.15) is 31.8 Å². The molecule has 55 heavy (non-hydrogen) atoms. The molecule has 6 aromatic rings. The maximum Gasteiger partial charge on any atom is 0.307 e. The minimum Gasteiger partial charge on any atom is -0.507 e. The molecule has 6 rings (SSSR count). The minimum absolute atomic E-state index is 0.0987. The number of carbonyl (C=O) groups is 1. The Bertz CT molecular complexity index is 2970. The van der Waals surface area contributed by atoms with Crippen LogP contribution in [0.3, 0.4) is 0 Å². The molecule has 0 saturated carbocycles. The quantitative estimate of drug-likeness (QED) is 0.0543. The second-order valence-corrected chi connectivity index (χ2v) is 15.8. The fraction of sp³-hybridized carbons (Fsp3) is 0.0294. The van der Waals surface area contributed by atoms with Gasteiger partial charge in [0.25, 0.3) is 30.4 Å². The van der Waals surface area contributed by atoms with Crippen LogP contribution in [-0.2, 0) is 41.6 Å². The van der Waals surface area contributed by atoms with E-state index >= 15 is 0 Å². The molecule has 0 aliphatic heterocycles. The molecule has 21 heteroatoms. The van der Waals surface area contributed by atoms with Crippen molar-refractivity contribution in [3.63, 3.8) is 0 Å². The van der Waals surface area contributed by atoms with Crippen LogP contribution < -0.4 is 0 Å². The van der Waals surface area contributed by atoms with E-state index in [0.717, 1.165) is 6.07 Å². The van der Waals surface area contributed by atoms with Crippen LogP contribution in [0, 0.1) is 0 Å². The van der Waals surface area contributed by atoms with Gasteiger partial charge in [0, 0.05) is 21.7 Å². The van der Waals surface area contributed by atoms with Gasteiger partial charge in [0.2, 0.25) is 0 Å². The van der Waals surface area contributed by atoms with Gasteiger partial charge in [-0.25, -0.2) is 0 Å². The number of carboxylic acid groups (broad SMARTS) is 1. The Morgan fingerprint density at radius 2 is 0.945 bits per heavy atom. The number of azo groups is 2. The molecule has 0 saturated heterocycles. The van der Waals surface area contributed by atoms with Crippen molar-refractivity contribution in [1.82, 2.24) is 0 Å². The van der Waals surface area contributed by atoms with Crippen molar-refractivity contribution < 1.29 is 64.1 Å². The van der Waals surface area contributed by atoms with E-state index in [0.29, 0.717) is 28.9 Å². The third-order valence-electron chi connectivity index (χ3n) is 8.08. The normalized spacial score (nSPS) is 12.6. The summed E-state index contributed by atoms with van der Waals surface area (Å²) in [7, 11) is -15.3. The Hall–Kier alpha value is -6.36. The number of fused-ring (bicyclic) bond motifs is 2. The molecule has 0 fully saturated rings. The molecular weight excluding hydrogens is 785 g/mol. The number of hydrogen-bond donors (Lipinski definition) is 7. The van der Waals surface area contributed by atoms with Crippen LogP contribution in [-0.4, -0.2) is 65.3 Å². The van der Waals surface area contributed by atoms with Crippen LogP contribution in [0.2, 0.25) is 0 Å². The first-order chi connectivity index (χ1) is 25.7. The highest BCUT2D eigenvalue weighted by Gasteiger charge is 2.30. The number of aromatic hydroxyl groups is 3. The molecule has 0 amide bonds. The number of carboxylic acids is 1. The first-order valence-electron chi connectivity index (χ1n) is 15.2. The molecule has 282 valence electrons. The van der Waals surface area contributed by atoms with E-state index in [1.807, 2.05) is 0 Å². The highest BCUT2D eigenvalue weighted by molar-refractivity contribution is 7.87. The summed E-state index contributed by atoms with van der Waals surface area (Å²) in [5, 5.41) is 55.7. The maximum absolute atomic E-state index is 12.3. The highest BCUT2D eigenvalue weighted by Crippen LogP contribution is 2.48. The van der Waals surface area contributed by atoms with E-state index < -0.39 is 91.0 Å². The van der Waals surface area contributed by atoms with E-state index in [1.165, 1.54) is 24.3 Å². The van der Waals surface area contributed by atoms with Crippen LogP contribution in [0.1, 0.15) is 5.56 Å². The fourth-order valence-electron chi connectivity index (χ4n) is 5.62. The van der Waals surface area contributed by atoms with Gasteiger partial charge in [-0.15, -0.1) is 10.2 Å². The average Bonchev–Trinajstić information content (AvgIpc) is 3.11. The monoisotopic (exact) mass is 808 g/mol. The predicted octanol–water partition coefficient (Wildman–Crippen LogP) is 6.97. The number of aliphatic carboxylic acids is 1. The Kier molecular flexibility index (Phi) is 9.86. The lowest BCUT2D eigenvalue weighted by molar-refractivity contribution is -0.136. The largest absolute Gasteiger partial charge is 0.507 e.